The maximum absolute atomic E-state index is 6.45. The summed E-state index contributed by atoms with van der Waals surface area (Å²) in [7, 11) is 0. The van der Waals surface area contributed by atoms with Crippen LogP contribution in [-0.2, 0) is 4.74 Å². The van der Waals surface area contributed by atoms with Crippen LogP contribution in [0.15, 0.2) is 0 Å². The van der Waals surface area contributed by atoms with Crippen LogP contribution in [0.25, 0.3) is 0 Å². The SMILES string of the molecule is CC1CC(OC(CNC(C)C)C(C)C)CC(C)(C)C1. The first kappa shape index (κ1) is 17.0. The van der Waals surface area contributed by atoms with Crippen LogP contribution in [0.5, 0.6) is 0 Å². The molecule has 0 amide bonds. The molecule has 2 heteroatoms. The minimum absolute atomic E-state index is 0.341. The van der Waals surface area contributed by atoms with Crippen LogP contribution in [0.2, 0.25) is 0 Å². The Morgan fingerprint density at radius 1 is 1.16 bits per heavy atom. The van der Waals surface area contributed by atoms with Gasteiger partial charge in [-0.1, -0.05) is 48.5 Å². The maximum atomic E-state index is 6.45. The topological polar surface area (TPSA) is 21.3 Å². The van der Waals surface area contributed by atoms with Crippen LogP contribution >= 0.6 is 0 Å². The average Bonchev–Trinajstić information content (AvgIpc) is 2.20. The monoisotopic (exact) mass is 269 g/mol. The molecule has 0 radical (unpaired) electrons. The summed E-state index contributed by atoms with van der Waals surface area (Å²) in [6, 6.07) is 0.534. The summed E-state index contributed by atoms with van der Waals surface area (Å²) in [5.41, 5.74) is 0.440. The third-order valence-corrected chi connectivity index (χ3v) is 4.18. The van der Waals surface area contributed by atoms with Gasteiger partial charge in [-0.15, -0.1) is 0 Å². The van der Waals surface area contributed by atoms with Gasteiger partial charge in [0.05, 0.1) is 12.2 Å². The molecule has 1 aliphatic carbocycles. The molecule has 3 unspecified atom stereocenters. The predicted molar refractivity (Wildman–Crippen MR) is 83.4 cm³/mol. The summed E-state index contributed by atoms with van der Waals surface area (Å²) in [4.78, 5) is 0. The van der Waals surface area contributed by atoms with E-state index in [2.05, 4.69) is 53.8 Å². The molecule has 0 heterocycles. The van der Waals surface area contributed by atoms with E-state index in [4.69, 9.17) is 4.74 Å². The fourth-order valence-corrected chi connectivity index (χ4v) is 3.40. The van der Waals surface area contributed by atoms with E-state index in [0.29, 0.717) is 29.6 Å². The van der Waals surface area contributed by atoms with E-state index in [1.54, 1.807) is 0 Å². The van der Waals surface area contributed by atoms with Crippen LogP contribution in [0, 0.1) is 17.3 Å². The number of nitrogens with one attached hydrogen (secondary N) is 1. The van der Waals surface area contributed by atoms with Gasteiger partial charge in [-0.05, 0) is 36.5 Å². The Kier molecular flexibility index (Phi) is 6.32. The summed E-state index contributed by atoms with van der Waals surface area (Å²) >= 11 is 0. The quantitative estimate of drug-likeness (QED) is 0.778. The van der Waals surface area contributed by atoms with Gasteiger partial charge < -0.3 is 10.1 Å². The zero-order chi connectivity index (χ0) is 14.6. The van der Waals surface area contributed by atoms with Gasteiger partial charge in [0.15, 0.2) is 0 Å². The molecule has 0 aromatic heterocycles. The zero-order valence-corrected chi connectivity index (χ0v) is 14.1. The van der Waals surface area contributed by atoms with Crippen molar-refractivity contribution in [3.05, 3.63) is 0 Å². The van der Waals surface area contributed by atoms with Gasteiger partial charge >= 0.3 is 0 Å². The fourth-order valence-electron chi connectivity index (χ4n) is 3.40. The van der Waals surface area contributed by atoms with Crippen LogP contribution < -0.4 is 5.32 Å². The van der Waals surface area contributed by atoms with E-state index >= 15 is 0 Å². The molecule has 1 fully saturated rings. The number of ether oxygens (including phenoxy) is 1. The molecule has 19 heavy (non-hydrogen) atoms. The Bertz CT molecular complexity index is 260. The molecule has 114 valence electrons. The van der Waals surface area contributed by atoms with Crippen molar-refractivity contribution in [2.45, 2.75) is 86.0 Å². The summed E-state index contributed by atoms with van der Waals surface area (Å²) in [5.74, 6) is 1.37. The highest BCUT2D eigenvalue weighted by atomic mass is 16.5. The lowest BCUT2D eigenvalue weighted by Gasteiger charge is -2.41. The second kappa shape index (κ2) is 7.08. The highest BCUT2D eigenvalue weighted by Crippen LogP contribution is 2.40. The van der Waals surface area contributed by atoms with Crippen molar-refractivity contribution in [2.24, 2.45) is 17.3 Å². The molecule has 1 N–H and O–H groups in total. The van der Waals surface area contributed by atoms with Crippen molar-refractivity contribution in [3.8, 4) is 0 Å². The van der Waals surface area contributed by atoms with E-state index in [9.17, 15) is 0 Å². The minimum atomic E-state index is 0.341. The van der Waals surface area contributed by atoms with Crippen LogP contribution in [-0.4, -0.2) is 24.8 Å². The van der Waals surface area contributed by atoms with E-state index in [1.807, 2.05) is 0 Å². The molecule has 1 rings (SSSR count). The Hall–Kier alpha value is -0.0800. The molecule has 1 saturated carbocycles. The van der Waals surface area contributed by atoms with Crippen LogP contribution in [0.1, 0.15) is 67.7 Å². The number of hydrogen-bond acceptors (Lipinski definition) is 2. The molecule has 0 aromatic carbocycles. The van der Waals surface area contributed by atoms with E-state index < -0.39 is 0 Å². The molecule has 3 atom stereocenters. The number of rotatable bonds is 6. The van der Waals surface area contributed by atoms with Crippen molar-refractivity contribution in [1.29, 1.82) is 0 Å². The molecule has 0 aromatic rings. The minimum Gasteiger partial charge on any atom is -0.373 e. The number of hydrogen-bond donors (Lipinski definition) is 1. The lowest BCUT2D eigenvalue weighted by atomic mass is 9.71. The fraction of sp³-hybridized carbons (Fsp3) is 1.00. The molecular weight excluding hydrogens is 234 g/mol. The maximum Gasteiger partial charge on any atom is 0.0726 e. The first-order valence-electron chi connectivity index (χ1n) is 8.08. The van der Waals surface area contributed by atoms with Crippen molar-refractivity contribution < 1.29 is 4.74 Å². The van der Waals surface area contributed by atoms with E-state index in [-0.39, 0.29) is 0 Å². The second-order valence-corrected chi connectivity index (χ2v) is 8.02. The molecule has 0 spiro atoms. The molecule has 0 bridgehead atoms. The van der Waals surface area contributed by atoms with E-state index in [1.165, 1.54) is 19.3 Å². The first-order valence-corrected chi connectivity index (χ1v) is 8.08. The summed E-state index contributed by atoms with van der Waals surface area (Å²) in [6.45, 7) is 17.0. The van der Waals surface area contributed by atoms with Gasteiger partial charge in [0.1, 0.15) is 0 Å². The van der Waals surface area contributed by atoms with Crippen LogP contribution in [0.3, 0.4) is 0 Å². The Morgan fingerprint density at radius 2 is 1.79 bits per heavy atom. The van der Waals surface area contributed by atoms with Gasteiger partial charge in [0, 0.05) is 12.6 Å². The third-order valence-electron chi connectivity index (χ3n) is 4.18. The Balaban J connectivity index is 2.53. The molecule has 2 nitrogen and oxygen atoms in total. The van der Waals surface area contributed by atoms with Crippen molar-refractivity contribution in [3.63, 3.8) is 0 Å². The molecule has 1 aliphatic rings. The van der Waals surface area contributed by atoms with E-state index in [0.717, 1.165) is 12.5 Å². The third kappa shape index (κ3) is 6.27. The largest absolute Gasteiger partial charge is 0.373 e. The lowest BCUT2D eigenvalue weighted by molar-refractivity contribution is -0.0803. The predicted octanol–water partition coefficient (Wildman–Crippen LogP) is 4.24. The smallest absolute Gasteiger partial charge is 0.0726 e. The van der Waals surface area contributed by atoms with Gasteiger partial charge in [0.2, 0.25) is 0 Å². The van der Waals surface area contributed by atoms with Gasteiger partial charge in [-0.2, -0.15) is 0 Å². The standard InChI is InChI=1S/C17H35NO/c1-12(2)16(11-18-13(3)4)19-15-8-14(5)9-17(6,7)10-15/h12-16,18H,8-11H2,1-7H3. The summed E-state index contributed by atoms with van der Waals surface area (Å²) in [5, 5.41) is 3.52. The first-order chi connectivity index (χ1) is 8.69. The highest BCUT2D eigenvalue weighted by molar-refractivity contribution is 4.84. The van der Waals surface area contributed by atoms with Crippen LogP contribution in [0.4, 0.5) is 0 Å². The molecule has 0 aliphatic heterocycles. The van der Waals surface area contributed by atoms with Crippen molar-refractivity contribution in [1.82, 2.24) is 5.32 Å². The molecular formula is C17H35NO. The molecule has 0 saturated heterocycles. The van der Waals surface area contributed by atoms with Gasteiger partial charge in [-0.3, -0.25) is 0 Å². The Labute approximate surface area is 120 Å². The van der Waals surface area contributed by atoms with Gasteiger partial charge in [-0.25, -0.2) is 0 Å². The van der Waals surface area contributed by atoms with Gasteiger partial charge in [0.25, 0.3) is 0 Å². The zero-order valence-electron chi connectivity index (χ0n) is 14.1. The normalized spacial score (nSPS) is 28.9. The second-order valence-electron chi connectivity index (χ2n) is 8.02. The summed E-state index contributed by atoms with van der Waals surface area (Å²) in [6.07, 6.45) is 4.56. The van der Waals surface area contributed by atoms with Crippen molar-refractivity contribution >= 4 is 0 Å². The lowest BCUT2D eigenvalue weighted by Crippen LogP contribution is -2.41. The average molecular weight is 269 g/mol. The Morgan fingerprint density at radius 3 is 2.26 bits per heavy atom. The summed E-state index contributed by atoms with van der Waals surface area (Å²) < 4.78 is 6.45. The van der Waals surface area contributed by atoms with Crippen molar-refractivity contribution in [2.75, 3.05) is 6.54 Å². The highest BCUT2D eigenvalue weighted by Gasteiger charge is 2.34.